The highest BCUT2D eigenvalue weighted by Gasteiger charge is 2.37. The Kier molecular flexibility index (Phi) is 4.16. The van der Waals surface area contributed by atoms with Gasteiger partial charge in [0, 0.05) is 11.6 Å². The van der Waals surface area contributed by atoms with Crippen molar-refractivity contribution in [3.05, 3.63) is 34.9 Å². The van der Waals surface area contributed by atoms with Crippen molar-refractivity contribution in [1.29, 1.82) is 0 Å². The average molecular weight is 281 g/mol. The lowest BCUT2D eigenvalue weighted by atomic mass is 9.97. The molecule has 19 heavy (non-hydrogen) atoms. The summed E-state index contributed by atoms with van der Waals surface area (Å²) in [5.74, 6) is 0.0393. The van der Waals surface area contributed by atoms with Gasteiger partial charge >= 0.3 is 0 Å². The summed E-state index contributed by atoms with van der Waals surface area (Å²) >= 11 is 6.04. The fourth-order valence-corrected chi connectivity index (χ4v) is 2.75. The molecule has 1 fully saturated rings. The Hall–Kier alpha value is -1.06. The molecule has 0 saturated carbocycles. The minimum atomic E-state index is -0.777. The molecule has 3 nitrogen and oxygen atoms in total. The van der Waals surface area contributed by atoms with E-state index >= 15 is 0 Å². The second-order valence-electron chi connectivity index (χ2n) is 5.48. The topological polar surface area (TPSA) is 46.3 Å². The van der Waals surface area contributed by atoms with Crippen LogP contribution in [0.4, 0.5) is 0 Å². The van der Waals surface area contributed by atoms with Crippen LogP contribution in [-0.4, -0.2) is 22.9 Å². The lowest BCUT2D eigenvalue weighted by molar-refractivity contribution is -0.137. The lowest BCUT2D eigenvalue weighted by Crippen LogP contribution is -2.52. The van der Waals surface area contributed by atoms with Gasteiger partial charge in [0.2, 0.25) is 5.91 Å². The highest BCUT2D eigenvalue weighted by molar-refractivity contribution is 6.30. The summed E-state index contributed by atoms with van der Waals surface area (Å²) in [7, 11) is 0. The van der Waals surface area contributed by atoms with Crippen LogP contribution in [0.1, 0.15) is 44.7 Å². The molecule has 1 heterocycles. The number of benzene rings is 1. The van der Waals surface area contributed by atoms with Gasteiger partial charge in [-0.05, 0) is 43.9 Å². The molecule has 0 spiro atoms. The molecule has 0 bridgehead atoms. The summed E-state index contributed by atoms with van der Waals surface area (Å²) in [4.78, 5) is 14.4. The highest BCUT2D eigenvalue weighted by Crippen LogP contribution is 2.34. The molecule has 0 aliphatic carbocycles. The van der Waals surface area contributed by atoms with Gasteiger partial charge in [-0.15, -0.1) is 0 Å². The molecule has 1 aliphatic heterocycles. The fraction of sp³-hybridized carbons (Fsp3) is 0.533. The predicted molar refractivity (Wildman–Crippen MR) is 78.0 cm³/mol. The molecule has 0 radical (unpaired) electrons. The van der Waals surface area contributed by atoms with Crippen molar-refractivity contribution < 1.29 is 4.79 Å². The number of amides is 1. The number of likely N-dealkylation sites (tertiary alicyclic amines) is 1. The number of carbonyl (C=O) groups is 1. The van der Waals surface area contributed by atoms with Crippen LogP contribution in [0, 0.1) is 0 Å². The number of hydrogen-bond donors (Lipinski definition) is 1. The van der Waals surface area contributed by atoms with E-state index in [1.165, 1.54) is 0 Å². The van der Waals surface area contributed by atoms with Crippen molar-refractivity contribution in [1.82, 2.24) is 4.90 Å². The Morgan fingerprint density at radius 3 is 2.95 bits per heavy atom. The first kappa shape index (κ1) is 14.4. The van der Waals surface area contributed by atoms with Crippen molar-refractivity contribution in [2.75, 3.05) is 6.54 Å². The third kappa shape index (κ3) is 2.93. The van der Waals surface area contributed by atoms with E-state index in [9.17, 15) is 4.79 Å². The SMILES string of the molecule is CCC(C)(N)C(=O)N1CCCC1c1cccc(Cl)c1. The molecule has 1 amide bonds. The molecule has 1 aromatic rings. The molecular formula is C15H21ClN2O. The molecule has 2 N–H and O–H groups in total. The number of halogens is 1. The number of carbonyl (C=O) groups excluding carboxylic acids is 1. The largest absolute Gasteiger partial charge is 0.334 e. The minimum absolute atomic E-state index is 0.0393. The first-order chi connectivity index (χ1) is 8.95. The predicted octanol–water partition coefficient (Wildman–Crippen LogP) is 3.13. The third-order valence-corrected chi connectivity index (χ3v) is 4.21. The van der Waals surface area contributed by atoms with Gasteiger partial charge in [-0.3, -0.25) is 4.79 Å². The highest BCUT2D eigenvalue weighted by atomic mass is 35.5. The second-order valence-corrected chi connectivity index (χ2v) is 5.92. The molecule has 2 atom stereocenters. The number of nitrogens with two attached hydrogens (primary N) is 1. The van der Waals surface area contributed by atoms with Crippen molar-refractivity contribution in [3.8, 4) is 0 Å². The Morgan fingerprint density at radius 1 is 1.58 bits per heavy atom. The summed E-state index contributed by atoms with van der Waals surface area (Å²) < 4.78 is 0. The van der Waals surface area contributed by atoms with Gasteiger partial charge in [0.1, 0.15) is 0 Å². The molecule has 1 saturated heterocycles. The number of nitrogens with zero attached hydrogens (tertiary/aromatic N) is 1. The lowest BCUT2D eigenvalue weighted by Gasteiger charge is -2.32. The smallest absolute Gasteiger partial charge is 0.242 e. The van der Waals surface area contributed by atoms with Gasteiger partial charge in [-0.25, -0.2) is 0 Å². The molecule has 1 aliphatic rings. The van der Waals surface area contributed by atoms with E-state index in [1.807, 2.05) is 43.0 Å². The maximum atomic E-state index is 12.5. The summed E-state index contributed by atoms with van der Waals surface area (Å²) in [5, 5.41) is 0.711. The maximum absolute atomic E-state index is 12.5. The molecule has 4 heteroatoms. The van der Waals surface area contributed by atoms with Crippen LogP contribution < -0.4 is 5.73 Å². The first-order valence-corrected chi connectivity index (χ1v) is 7.19. The molecule has 2 rings (SSSR count). The van der Waals surface area contributed by atoms with E-state index in [-0.39, 0.29) is 11.9 Å². The zero-order chi connectivity index (χ0) is 14.0. The van der Waals surface area contributed by atoms with Crippen LogP contribution in [0.2, 0.25) is 5.02 Å². The zero-order valence-electron chi connectivity index (χ0n) is 11.5. The van der Waals surface area contributed by atoms with Crippen molar-refractivity contribution in [3.63, 3.8) is 0 Å². The van der Waals surface area contributed by atoms with Gasteiger partial charge < -0.3 is 10.6 Å². The minimum Gasteiger partial charge on any atom is -0.334 e. The van der Waals surface area contributed by atoms with E-state index in [0.29, 0.717) is 11.4 Å². The van der Waals surface area contributed by atoms with E-state index in [1.54, 1.807) is 0 Å². The second kappa shape index (κ2) is 5.51. The zero-order valence-corrected chi connectivity index (χ0v) is 12.3. The van der Waals surface area contributed by atoms with Crippen molar-refractivity contribution >= 4 is 17.5 Å². The van der Waals surface area contributed by atoms with E-state index in [0.717, 1.165) is 24.9 Å². The Balaban J connectivity index is 2.24. The van der Waals surface area contributed by atoms with E-state index in [2.05, 4.69) is 0 Å². The first-order valence-electron chi connectivity index (χ1n) is 6.81. The van der Waals surface area contributed by atoms with E-state index in [4.69, 9.17) is 17.3 Å². The summed E-state index contributed by atoms with van der Waals surface area (Å²) in [5.41, 5.74) is 6.42. The van der Waals surface area contributed by atoms with Gasteiger partial charge in [0.15, 0.2) is 0 Å². The van der Waals surface area contributed by atoms with Crippen LogP contribution in [0.15, 0.2) is 24.3 Å². The summed E-state index contributed by atoms with van der Waals surface area (Å²) in [6.45, 7) is 4.54. The molecule has 0 aromatic heterocycles. The van der Waals surface area contributed by atoms with Crippen molar-refractivity contribution in [2.45, 2.75) is 44.7 Å². The molecule has 1 aromatic carbocycles. The standard InChI is InChI=1S/C15H21ClN2O/c1-3-15(2,17)14(19)18-9-5-8-13(18)11-6-4-7-12(16)10-11/h4,6-7,10,13H,3,5,8-9,17H2,1-2H3. The quantitative estimate of drug-likeness (QED) is 0.925. The Labute approximate surface area is 119 Å². The van der Waals surface area contributed by atoms with Crippen LogP contribution in [0.5, 0.6) is 0 Å². The van der Waals surface area contributed by atoms with Crippen LogP contribution in [0.3, 0.4) is 0 Å². The van der Waals surface area contributed by atoms with Gasteiger partial charge in [-0.1, -0.05) is 30.7 Å². The number of hydrogen-bond acceptors (Lipinski definition) is 2. The van der Waals surface area contributed by atoms with Gasteiger partial charge in [0.25, 0.3) is 0 Å². The van der Waals surface area contributed by atoms with Gasteiger partial charge in [0.05, 0.1) is 11.6 Å². The van der Waals surface area contributed by atoms with Crippen LogP contribution in [-0.2, 0) is 4.79 Å². The van der Waals surface area contributed by atoms with Crippen molar-refractivity contribution in [2.24, 2.45) is 5.73 Å². The average Bonchev–Trinajstić information content (AvgIpc) is 2.86. The normalized spacial score (nSPS) is 22.3. The molecule has 2 unspecified atom stereocenters. The van der Waals surface area contributed by atoms with Gasteiger partial charge in [-0.2, -0.15) is 0 Å². The third-order valence-electron chi connectivity index (χ3n) is 3.97. The Morgan fingerprint density at radius 2 is 2.32 bits per heavy atom. The van der Waals surface area contributed by atoms with Crippen LogP contribution in [0.25, 0.3) is 0 Å². The fourth-order valence-electron chi connectivity index (χ4n) is 2.55. The Bertz CT molecular complexity index is 473. The molecular weight excluding hydrogens is 260 g/mol. The summed E-state index contributed by atoms with van der Waals surface area (Å²) in [6.07, 6.45) is 2.64. The van der Waals surface area contributed by atoms with Crippen LogP contribution >= 0.6 is 11.6 Å². The monoisotopic (exact) mass is 280 g/mol. The number of rotatable bonds is 3. The van der Waals surface area contributed by atoms with E-state index < -0.39 is 5.54 Å². The maximum Gasteiger partial charge on any atom is 0.242 e. The summed E-state index contributed by atoms with van der Waals surface area (Å²) in [6, 6.07) is 7.87. The molecule has 104 valence electrons.